The summed E-state index contributed by atoms with van der Waals surface area (Å²) in [4.78, 5) is 22.7. The Kier molecular flexibility index (Phi) is 3.70. The molecule has 1 amide bonds. The molecule has 1 aromatic rings. The van der Waals surface area contributed by atoms with Crippen LogP contribution in [0.2, 0.25) is 0 Å². The molecule has 0 radical (unpaired) electrons. The average Bonchev–Trinajstić information content (AvgIpc) is 2.77. The van der Waals surface area contributed by atoms with Crippen molar-refractivity contribution in [1.29, 1.82) is 0 Å². The van der Waals surface area contributed by atoms with E-state index in [2.05, 4.69) is 15.9 Å². The van der Waals surface area contributed by atoms with Crippen molar-refractivity contribution in [3.05, 3.63) is 32.5 Å². The fourth-order valence-electron chi connectivity index (χ4n) is 2.16. The van der Waals surface area contributed by atoms with Gasteiger partial charge in [0.2, 0.25) is 5.91 Å². The summed E-state index contributed by atoms with van der Waals surface area (Å²) in [6, 6.07) is 2.12. The van der Waals surface area contributed by atoms with Crippen LogP contribution < -0.4 is 10.6 Å². The molecule has 1 aliphatic rings. The van der Waals surface area contributed by atoms with Crippen LogP contribution >= 0.6 is 15.9 Å². The number of primary amides is 1. The first-order chi connectivity index (χ1) is 8.90. The predicted octanol–water partition coefficient (Wildman–Crippen LogP) is 1.81. The van der Waals surface area contributed by atoms with Crippen LogP contribution in [0.3, 0.4) is 0 Å². The molecule has 1 fully saturated rings. The molecule has 2 rings (SSSR count). The van der Waals surface area contributed by atoms with Crippen molar-refractivity contribution in [2.24, 2.45) is 11.7 Å². The number of hydrogen-bond donors (Lipinski definition) is 1. The van der Waals surface area contributed by atoms with Crippen LogP contribution in [-0.2, 0) is 4.79 Å². The molecule has 6 nitrogen and oxygen atoms in total. The number of halogens is 2. The Hall–Kier alpha value is -1.70. The average molecular weight is 332 g/mol. The van der Waals surface area contributed by atoms with E-state index >= 15 is 0 Å². The molecular weight excluding hydrogens is 321 g/mol. The Morgan fingerprint density at radius 3 is 2.74 bits per heavy atom. The van der Waals surface area contributed by atoms with E-state index in [4.69, 9.17) is 5.73 Å². The third-order valence-corrected chi connectivity index (χ3v) is 3.72. The molecule has 1 atom stereocenters. The van der Waals surface area contributed by atoms with Gasteiger partial charge >= 0.3 is 0 Å². The highest BCUT2D eigenvalue weighted by molar-refractivity contribution is 9.10. The first kappa shape index (κ1) is 13.7. The summed E-state index contributed by atoms with van der Waals surface area (Å²) in [5.74, 6) is -1.42. The van der Waals surface area contributed by atoms with Gasteiger partial charge in [0.15, 0.2) is 5.82 Å². The van der Waals surface area contributed by atoms with E-state index in [9.17, 15) is 19.3 Å². The molecule has 102 valence electrons. The Bertz CT molecular complexity index is 529. The highest BCUT2D eigenvalue weighted by Crippen LogP contribution is 2.36. The number of nitro groups is 1. The van der Waals surface area contributed by atoms with Gasteiger partial charge in [-0.2, -0.15) is 0 Å². The first-order valence-electron chi connectivity index (χ1n) is 5.58. The second-order valence-corrected chi connectivity index (χ2v) is 5.20. The Balaban J connectivity index is 2.31. The molecule has 1 aromatic carbocycles. The molecule has 0 spiro atoms. The number of anilines is 1. The first-order valence-corrected chi connectivity index (χ1v) is 6.37. The molecule has 0 bridgehead atoms. The number of rotatable bonds is 3. The Morgan fingerprint density at radius 1 is 1.58 bits per heavy atom. The summed E-state index contributed by atoms with van der Waals surface area (Å²) in [5, 5.41) is 10.6. The minimum Gasteiger partial charge on any atom is -0.369 e. The van der Waals surface area contributed by atoms with Crippen LogP contribution in [0.4, 0.5) is 15.8 Å². The van der Waals surface area contributed by atoms with Crippen molar-refractivity contribution in [1.82, 2.24) is 0 Å². The predicted molar refractivity (Wildman–Crippen MR) is 70.3 cm³/mol. The highest BCUT2D eigenvalue weighted by Gasteiger charge is 2.30. The van der Waals surface area contributed by atoms with Crippen LogP contribution in [-0.4, -0.2) is 23.9 Å². The number of carbonyl (C=O) groups excluding carboxylic acids is 1. The van der Waals surface area contributed by atoms with Crippen LogP contribution in [0, 0.1) is 21.8 Å². The molecule has 8 heteroatoms. The van der Waals surface area contributed by atoms with Gasteiger partial charge in [0.25, 0.3) is 5.69 Å². The molecular formula is C11H11BrFN3O3. The summed E-state index contributed by atoms with van der Waals surface area (Å²) in [6.07, 6.45) is 0.554. The highest BCUT2D eigenvalue weighted by atomic mass is 79.9. The van der Waals surface area contributed by atoms with Crippen molar-refractivity contribution >= 4 is 33.2 Å². The quantitative estimate of drug-likeness (QED) is 0.675. The van der Waals surface area contributed by atoms with Crippen molar-refractivity contribution in [3.63, 3.8) is 0 Å². The van der Waals surface area contributed by atoms with Crippen molar-refractivity contribution in [2.75, 3.05) is 18.0 Å². The van der Waals surface area contributed by atoms with Gasteiger partial charge in [0.05, 0.1) is 27.1 Å². The Labute approximate surface area is 116 Å². The summed E-state index contributed by atoms with van der Waals surface area (Å²) in [7, 11) is 0. The Morgan fingerprint density at radius 2 is 2.26 bits per heavy atom. The van der Waals surface area contributed by atoms with E-state index in [1.807, 2.05) is 0 Å². The maximum atomic E-state index is 14.0. The summed E-state index contributed by atoms with van der Waals surface area (Å²) >= 11 is 3.13. The molecule has 1 saturated heterocycles. The van der Waals surface area contributed by atoms with Crippen molar-refractivity contribution in [2.45, 2.75) is 6.42 Å². The summed E-state index contributed by atoms with van der Waals surface area (Å²) < 4.78 is 14.3. The topological polar surface area (TPSA) is 89.5 Å². The largest absolute Gasteiger partial charge is 0.369 e. The third kappa shape index (κ3) is 2.67. The van der Waals surface area contributed by atoms with E-state index in [1.54, 1.807) is 4.90 Å². The number of nitro benzene ring substituents is 1. The van der Waals surface area contributed by atoms with Crippen LogP contribution in [0.25, 0.3) is 0 Å². The molecule has 1 heterocycles. The number of benzene rings is 1. The molecule has 0 aliphatic carbocycles. The second kappa shape index (κ2) is 5.12. The minimum absolute atomic E-state index is 0.231. The molecule has 0 saturated carbocycles. The number of hydrogen-bond acceptors (Lipinski definition) is 4. The maximum Gasteiger partial charge on any atom is 0.273 e. The second-order valence-electron chi connectivity index (χ2n) is 4.35. The SMILES string of the molecule is NC(=O)[C@@H]1CCN(c2c(F)cc([N+](=O)[O-])cc2Br)C1. The summed E-state index contributed by atoms with van der Waals surface area (Å²) in [5.41, 5.74) is 5.13. The molecule has 1 aliphatic heterocycles. The number of nitrogens with zero attached hydrogens (tertiary/aromatic N) is 2. The van der Waals surface area contributed by atoms with Gasteiger partial charge in [-0.15, -0.1) is 0 Å². The van der Waals surface area contributed by atoms with E-state index in [0.29, 0.717) is 24.0 Å². The van der Waals surface area contributed by atoms with E-state index < -0.39 is 16.6 Å². The van der Waals surface area contributed by atoms with Crippen LogP contribution in [0.1, 0.15) is 6.42 Å². The molecule has 19 heavy (non-hydrogen) atoms. The standard InChI is InChI=1S/C11H11BrFN3O3/c12-8-3-7(16(18)19)4-9(13)10(8)15-2-1-6(5-15)11(14)17/h3-4,6H,1-2,5H2,(H2,14,17)/t6-/m1/s1. The van der Waals surface area contributed by atoms with Crippen LogP contribution in [0.5, 0.6) is 0 Å². The van der Waals surface area contributed by atoms with E-state index in [1.165, 1.54) is 6.07 Å². The zero-order valence-electron chi connectivity index (χ0n) is 9.81. The third-order valence-electron chi connectivity index (χ3n) is 3.12. The van der Waals surface area contributed by atoms with Gasteiger partial charge in [-0.25, -0.2) is 4.39 Å². The van der Waals surface area contributed by atoms with Gasteiger partial charge in [-0.05, 0) is 22.4 Å². The number of amides is 1. The fraction of sp³-hybridized carbons (Fsp3) is 0.364. The van der Waals surface area contributed by atoms with Gasteiger partial charge < -0.3 is 10.6 Å². The number of carbonyl (C=O) groups is 1. The maximum absolute atomic E-state index is 14.0. The summed E-state index contributed by atoms with van der Waals surface area (Å²) in [6.45, 7) is 0.809. The lowest BCUT2D eigenvalue weighted by Crippen LogP contribution is -2.27. The lowest BCUT2D eigenvalue weighted by atomic mass is 10.1. The van der Waals surface area contributed by atoms with Gasteiger partial charge in [0.1, 0.15) is 0 Å². The lowest BCUT2D eigenvalue weighted by molar-refractivity contribution is -0.385. The normalized spacial score (nSPS) is 18.6. The molecule has 2 N–H and O–H groups in total. The lowest BCUT2D eigenvalue weighted by Gasteiger charge is -2.20. The van der Waals surface area contributed by atoms with Gasteiger partial charge in [-0.1, -0.05) is 0 Å². The van der Waals surface area contributed by atoms with Crippen molar-refractivity contribution in [3.8, 4) is 0 Å². The number of nitrogens with two attached hydrogens (primary N) is 1. The molecule has 0 unspecified atom stereocenters. The molecule has 0 aromatic heterocycles. The monoisotopic (exact) mass is 331 g/mol. The smallest absolute Gasteiger partial charge is 0.273 e. The van der Waals surface area contributed by atoms with Gasteiger partial charge in [0, 0.05) is 19.2 Å². The van der Waals surface area contributed by atoms with E-state index in [-0.39, 0.29) is 17.3 Å². The van der Waals surface area contributed by atoms with Crippen LogP contribution in [0.15, 0.2) is 16.6 Å². The fourth-order valence-corrected chi connectivity index (χ4v) is 2.83. The zero-order valence-corrected chi connectivity index (χ0v) is 11.4. The number of non-ortho nitro benzene ring substituents is 1. The van der Waals surface area contributed by atoms with Crippen molar-refractivity contribution < 1.29 is 14.1 Å². The van der Waals surface area contributed by atoms with E-state index in [0.717, 1.165) is 6.07 Å². The minimum atomic E-state index is -0.689. The zero-order chi connectivity index (χ0) is 14.2. The van der Waals surface area contributed by atoms with Gasteiger partial charge in [-0.3, -0.25) is 14.9 Å².